The highest BCUT2D eigenvalue weighted by molar-refractivity contribution is 5.97. The highest BCUT2D eigenvalue weighted by atomic mass is 16.5. The molecule has 1 unspecified atom stereocenters. The lowest BCUT2D eigenvalue weighted by Gasteiger charge is -2.30. The molecule has 0 fully saturated rings. The van der Waals surface area contributed by atoms with Crippen LogP contribution in [-0.2, 0) is 33.9 Å². The molecule has 44 heavy (non-hydrogen) atoms. The monoisotopic (exact) mass is 596 g/mol. The van der Waals surface area contributed by atoms with E-state index in [0.717, 1.165) is 28.9 Å². The topological polar surface area (TPSA) is 111 Å². The second-order valence-electron chi connectivity index (χ2n) is 10.7. The predicted octanol–water partition coefficient (Wildman–Crippen LogP) is 4.79. The van der Waals surface area contributed by atoms with E-state index in [1.54, 1.807) is 11.1 Å². The summed E-state index contributed by atoms with van der Waals surface area (Å²) in [5.41, 5.74) is 4.11. The molecule has 1 heterocycles. The van der Waals surface area contributed by atoms with E-state index in [4.69, 9.17) is 4.74 Å². The van der Waals surface area contributed by atoms with Crippen LogP contribution in [0.2, 0.25) is 0 Å². The molecule has 1 aromatic heterocycles. The van der Waals surface area contributed by atoms with E-state index in [1.807, 2.05) is 111 Å². The molecule has 10 heteroatoms. The lowest BCUT2D eigenvalue weighted by atomic mass is 10.1. The maximum absolute atomic E-state index is 14.3. The van der Waals surface area contributed by atoms with Crippen molar-refractivity contribution in [2.45, 2.75) is 39.0 Å². The number of nitrogens with zero attached hydrogens (tertiary/aromatic N) is 4. The molecular weight excluding hydrogens is 556 g/mol. The van der Waals surface area contributed by atoms with Crippen LogP contribution in [0.5, 0.6) is 0 Å². The number of carbonyl (C=O) groups excluding carboxylic acids is 3. The van der Waals surface area contributed by atoms with E-state index < -0.39 is 18.0 Å². The van der Waals surface area contributed by atoms with Gasteiger partial charge in [-0.25, -0.2) is 9.78 Å². The van der Waals surface area contributed by atoms with E-state index >= 15 is 0 Å². The first kappa shape index (κ1) is 31.8. The molecule has 0 aliphatic carbocycles. The molecule has 230 valence electrons. The van der Waals surface area contributed by atoms with Gasteiger partial charge in [0.1, 0.15) is 19.2 Å². The molecular formula is C34H40N6O4. The lowest BCUT2D eigenvalue weighted by Crippen LogP contribution is -2.52. The van der Waals surface area contributed by atoms with Crippen molar-refractivity contribution in [2.24, 2.45) is 0 Å². The number of anilines is 2. The zero-order valence-electron chi connectivity index (χ0n) is 25.5. The Balaban J connectivity index is 1.59. The Kier molecular flexibility index (Phi) is 11.5. The van der Waals surface area contributed by atoms with E-state index in [-0.39, 0.29) is 32.0 Å². The van der Waals surface area contributed by atoms with Crippen molar-refractivity contribution in [1.82, 2.24) is 20.2 Å². The first-order valence-electron chi connectivity index (χ1n) is 14.7. The lowest BCUT2D eigenvalue weighted by molar-refractivity contribution is -0.137. The Morgan fingerprint density at radius 3 is 2.18 bits per heavy atom. The van der Waals surface area contributed by atoms with E-state index in [2.05, 4.69) is 15.3 Å². The molecule has 3 aromatic carbocycles. The summed E-state index contributed by atoms with van der Waals surface area (Å²) in [6.07, 6.45) is 3.27. The second kappa shape index (κ2) is 15.9. The summed E-state index contributed by atoms with van der Waals surface area (Å²) in [6, 6.07) is 25.5. The number of aromatic nitrogens is 2. The Morgan fingerprint density at radius 2 is 1.57 bits per heavy atom. The molecule has 2 N–H and O–H groups in total. The van der Waals surface area contributed by atoms with Gasteiger partial charge in [-0.1, -0.05) is 67.6 Å². The number of amides is 3. The first-order chi connectivity index (χ1) is 21.3. The number of benzene rings is 3. The van der Waals surface area contributed by atoms with Crippen molar-refractivity contribution in [3.63, 3.8) is 0 Å². The summed E-state index contributed by atoms with van der Waals surface area (Å²) in [6.45, 7) is 2.56. The molecule has 1 atom stereocenters. The highest BCUT2D eigenvalue weighted by Gasteiger charge is 2.30. The van der Waals surface area contributed by atoms with Gasteiger partial charge in [-0.05, 0) is 41.8 Å². The van der Waals surface area contributed by atoms with Gasteiger partial charge in [0.2, 0.25) is 11.8 Å². The summed E-state index contributed by atoms with van der Waals surface area (Å²) in [7, 11) is 3.91. The number of imidazole rings is 1. The van der Waals surface area contributed by atoms with Crippen LogP contribution in [0.1, 0.15) is 30.2 Å². The minimum Gasteiger partial charge on any atom is -0.445 e. The fraction of sp³-hybridized carbons (Fsp3) is 0.294. The average Bonchev–Trinajstić information content (AvgIpc) is 3.56. The zero-order chi connectivity index (χ0) is 31.3. The van der Waals surface area contributed by atoms with Crippen molar-refractivity contribution in [2.75, 3.05) is 37.0 Å². The normalized spacial score (nSPS) is 11.3. The molecule has 0 aliphatic heterocycles. The van der Waals surface area contributed by atoms with Crippen LogP contribution in [0.4, 0.5) is 16.2 Å². The Morgan fingerprint density at radius 1 is 0.886 bits per heavy atom. The molecule has 4 aromatic rings. The van der Waals surface area contributed by atoms with Crippen LogP contribution in [0.25, 0.3) is 0 Å². The zero-order valence-corrected chi connectivity index (χ0v) is 25.5. The molecule has 0 radical (unpaired) electrons. The quantitative estimate of drug-likeness (QED) is 0.217. The minimum absolute atomic E-state index is 0.0567. The summed E-state index contributed by atoms with van der Waals surface area (Å²) >= 11 is 0. The van der Waals surface area contributed by atoms with Gasteiger partial charge in [0.05, 0.1) is 6.33 Å². The van der Waals surface area contributed by atoms with Crippen LogP contribution in [0.15, 0.2) is 97.5 Å². The maximum atomic E-state index is 14.3. The number of alkyl carbamates (subject to hydrolysis) is 1. The van der Waals surface area contributed by atoms with Gasteiger partial charge in [-0.3, -0.25) is 9.59 Å². The summed E-state index contributed by atoms with van der Waals surface area (Å²) in [5.74, 6) is -0.630. The number of para-hydroxylation sites is 1. The fourth-order valence-corrected chi connectivity index (χ4v) is 4.75. The van der Waals surface area contributed by atoms with Gasteiger partial charge < -0.3 is 29.7 Å². The van der Waals surface area contributed by atoms with Gasteiger partial charge in [-0.15, -0.1) is 0 Å². The van der Waals surface area contributed by atoms with E-state index in [1.165, 1.54) is 11.2 Å². The fourth-order valence-electron chi connectivity index (χ4n) is 4.75. The van der Waals surface area contributed by atoms with Gasteiger partial charge in [0, 0.05) is 56.9 Å². The standard InChI is InChI=1S/C34H40N6O4/c1-4-19-40(30-13-9-6-10-14-30)32(41)23-39(22-26-15-17-29(18-16-26)38(2)3)33(42)31(20-28-21-35-25-36-28)37-34(43)44-24-27-11-7-5-8-12-27/h5-18,21,25,31H,4,19-20,22-24H2,1-3H3,(H,35,36)(H,37,43). The van der Waals surface area contributed by atoms with Crippen LogP contribution in [0, 0.1) is 0 Å². The second-order valence-corrected chi connectivity index (χ2v) is 10.7. The van der Waals surface area contributed by atoms with Gasteiger partial charge in [0.25, 0.3) is 0 Å². The number of H-pyrrole nitrogens is 1. The molecule has 0 spiro atoms. The number of hydrogen-bond donors (Lipinski definition) is 2. The molecule has 10 nitrogen and oxygen atoms in total. The molecule has 0 bridgehead atoms. The summed E-state index contributed by atoms with van der Waals surface area (Å²) in [5, 5.41) is 2.74. The van der Waals surface area contributed by atoms with Crippen molar-refractivity contribution >= 4 is 29.3 Å². The van der Waals surface area contributed by atoms with Crippen molar-refractivity contribution < 1.29 is 19.1 Å². The third kappa shape index (κ3) is 9.19. The van der Waals surface area contributed by atoms with Crippen LogP contribution in [0.3, 0.4) is 0 Å². The Labute approximate surface area is 258 Å². The maximum Gasteiger partial charge on any atom is 0.408 e. The molecule has 3 amide bonds. The molecule has 0 aliphatic rings. The van der Waals surface area contributed by atoms with Crippen molar-refractivity contribution in [3.8, 4) is 0 Å². The highest BCUT2D eigenvalue weighted by Crippen LogP contribution is 2.18. The van der Waals surface area contributed by atoms with Crippen molar-refractivity contribution in [1.29, 1.82) is 0 Å². The number of ether oxygens (including phenoxy) is 1. The average molecular weight is 597 g/mol. The SMILES string of the molecule is CCCN(C(=O)CN(Cc1ccc(N(C)C)cc1)C(=O)C(Cc1cnc[nH]1)NC(=O)OCc1ccccc1)c1ccccc1. The number of aromatic amines is 1. The van der Waals surface area contributed by atoms with Crippen LogP contribution in [-0.4, -0.2) is 66.0 Å². The van der Waals surface area contributed by atoms with Gasteiger partial charge >= 0.3 is 6.09 Å². The largest absolute Gasteiger partial charge is 0.445 e. The number of nitrogens with one attached hydrogen (secondary N) is 2. The van der Waals surface area contributed by atoms with Crippen LogP contribution < -0.4 is 15.1 Å². The molecule has 0 saturated carbocycles. The van der Waals surface area contributed by atoms with E-state index in [0.29, 0.717) is 12.2 Å². The third-order valence-corrected chi connectivity index (χ3v) is 7.06. The number of carbonyl (C=O) groups is 3. The smallest absolute Gasteiger partial charge is 0.408 e. The number of hydrogen-bond acceptors (Lipinski definition) is 6. The first-order valence-corrected chi connectivity index (χ1v) is 14.7. The molecule has 4 rings (SSSR count). The van der Waals surface area contributed by atoms with Crippen molar-refractivity contribution in [3.05, 3.63) is 114 Å². The number of rotatable bonds is 14. The minimum atomic E-state index is -1.01. The molecule has 0 saturated heterocycles. The summed E-state index contributed by atoms with van der Waals surface area (Å²) < 4.78 is 5.44. The Hall–Kier alpha value is -5.12. The van der Waals surface area contributed by atoms with Gasteiger partial charge in [0.15, 0.2) is 0 Å². The Bertz CT molecular complexity index is 1460. The third-order valence-electron chi connectivity index (χ3n) is 7.06. The predicted molar refractivity (Wildman–Crippen MR) is 171 cm³/mol. The van der Waals surface area contributed by atoms with Gasteiger partial charge in [-0.2, -0.15) is 0 Å². The van der Waals surface area contributed by atoms with E-state index in [9.17, 15) is 14.4 Å². The summed E-state index contributed by atoms with van der Waals surface area (Å²) in [4.78, 5) is 53.2. The van der Waals surface area contributed by atoms with Crippen LogP contribution >= 0.6 is 0 Å².